The van der Waals surface area contributed by atoms with E-state index in [1.807, 2.05) is 20.8 Å². The van der Waals surface area contributed by atoms with E-state index in [9.17, 15) is 9.59 Å². The third-order valence-corrected chi connectivity index (χ3v) is 2.86. The smallest absolute Gasteiger partial charge is 0.253 e. The minimum Gasteiger partial charge on any atom is -0.399 e. The Morgan fingerprint density at radius 2 is 2.00 bits per heavy atom. The number of primary amides is 1. The Balaban J connectivity index is 3.27. The predicted octanol–water partition coefficient (Wildman–Crippen LogP) is 0.719. The fraction of sp³-hybridized carbons (Fsp3) is 0.429. The zero-order chi connectivity index (χ0) is 15.3. The number of amides is 2. The van der Waals surface area contributed by atoms with Gasteiger partial charge >= 0.3 is 0 Å². The van der Waals surface area contributed by atoms with E-state index in [-0.39, 0.29) is 18.5 Å². The van der Waals surface area contributed by atoms with E-state index in [4.69, 9.17) is 11.5 Å². The first-order chi connectivity index (χ1) is 9.36. The summed E-state index contributed by atoms with van der Waals surface area (Å²) < 4.78 is 0. The Bertz CT molecular complexity index is 500. The maximum Gasteiger partial charge on any atom is 0.253 e. The molecule has 0 bridgehead atoms. The van der Waals surface area contributed by atoms with Crippen LogP contribution in [0.5, 0.6) is 0 Å². The molecule has 0 saturated heterocycles. The van der Waals surface area contributed by atoms with Crippen molar-refractivity contribution in [1.82, 2.24) is 5.32 Å². The average molecular weight is 278 g/mol. The molecular formula is C14H22N4O2. The van der Waals surface area contributed by atoms with Gasteiger partial charge in [-0.15, -0.1) is 0 Å². The molecule has 0 saturated carbocycles. The molecule has 0 aromatic heterocycles. The predicted molar refractivity (Wildman–Crippen MR) is 80.5 cm³/mol. The number of nitrogens with two attached hydrogens (primary N) is 2. The highest BCUT2D eigenvalue weighted by molar-refractivity contribution is 6.01. The van der Waals surface area contributed by atoms with Gasteiger partial charge in [-0.1, -0.05) is 0 Å². The molecule has 0 spiro atoms. The standard InChI is InChI=1S/C14H22N4O2/c1-4-17-14(20)11-6-5-10(15)7-12(11)18(9(2)3)8-13(16)19/h5-7,9H,4,8,15H2,1-3H3,(H2,16,19)(H,17,20). The molecule has 0 aliphatic heterocycles. The largest absolute Gasteiger partial charge is 0.399 e. The molecule has 5 N–H and O–H groups in total. The number of nitrogens with zero attached hydrogens (tertiary/aromatic N) is 1. The minimum atomic E-state index is -0.456. The molecule has 2 amide bonds. The van der Waals surface area contributed by atoms with Crippen molar-refractivity contribution in [2.75, 3.05) is 23.7 Å². The van der Waals surface area contributed by atoms with Crippen molar-refractivity contribution in [3.05, 3.63) is 23.8 Å². The van der Waals surface area contributed by atoms with E-state index in [1.54, 1.807) is 23.1 Å². The molecule has 20 heavy (non-hydrogen) atoms. The molecule has 0 aliphatic carbocycles. The quantitative estimate of drug-likeness (QED) is 0.667. The Hall–Kier alpha value is -2.24. The third kappa shape index (κ3) is 3.88. The van der Waals surface area contributed by atoms with Crippen LogP contribution in [0.1, 0.15) is 31.1 Å². The Morgan fingerprint density at radius 1 is 1.35 bits per heavy atom. The molecule has 6 nitrogen and oxygen atoms in total. The van der Waals surface area contributed by atoms with Crippen LogP contribution in [0.25, 0.3) is 0 Å². The highest BCUT2D eigenvalue weighted by atomic mass is 16.2. The monoisotopic (exact) mass is 278 g/mol. The van der Waals surface area contributed by atoms with Gasteiger partial charge in [-0.2, -0.15) is 0 Å². The van der Waals surface area contributed by atoms with Crippen LogP contribution in [0.15, 0.2) is 18.2 Å². The lowest BCUT2D eigenvalue weighted by Gasteiger charge is -2.29. The van der Waals surface area contributed by atoms with Crippen LogP contribution in [-0.2, 0) is 4.79 Å². The molecule has 1 rings (SSSR count). The molecule has 1 aromatic carbocycles. The maximum absolute atomic E-state index is 12.1. The van der Waals surface area contributed by atoms with Gasteiger partial charge in [0.1, 0.15) is 0 Å². The van der Waals surface area contributed by atoms with E-state index in [2.05, 4.69) is 5.32 Å². The van der Waals surface area contributed by atoms with Crippen LogP contribution in [0.4, 0.5) is 11.4 Å². The summed E-state index contributed by atoms with van der Waals surface area (Å²) >= 11 is 0. The summed E-state index contributed by atoms with van der Waals surface area (Å²) in [6.45, 7) is 6.26. The number of rotatable bonds is 6. The SMILES string of the molecule is CCNC(=O)c1ccc(N)cc1N(CC(N)=O)C(C)C. The Labute approximate surface area is 119 Å². The van der Waals surface area contributed by atoms with Gasteiger partial charge < -0.3 is 21.7 Å². The van der Waals surface area contributed by atoms with Crippen LogP contribution < -0.4 is 21.7 Å². The first kappa shape index (κ1) is 15.8. The van der Waals surface area contributed by atoms with E-state index >= 15 is 0 Å². The van der Waals surface area contributed by atoms with Gasteiger partial charge in [0.25, 0.3) is 5.91 Å². The number of benzene rings is 1. The van der Waals surface area contributed by atoms with E-state index in [0.29, 0.717) is 23.5 Å². The van der Waals surface area contributed by atoms with Crippen LogP contribution in [0.3, 0.4) is 0 Å². The fourth-order valence-corrected chi connectivity index (χ4v) is 1.95. The van der Waals surface area contributed by atoms with Gasteiger partial charge in [0, 0.05) is 18.3 Å². The van der Waals surface area contributed by atoms with Crippen molar-refractivity contribution < 1.29 is 9.59 Å². The first-order valence-corrected chi connectivity index (χ1v) is 6.59. The number of nitrogen functional groups attached to an aromatic ring is 1. The van der Waals surface area contributed by atoms with Gasteiger partial charge in [-0.05, 0) is 39.0 Å². The van der Waals surface area contributed by atoms with Crippen LogP contribution in [0.2, 0.25) is 0 Å². The zero-order valence-electron chi connectivity index (χ0n) is 12.1. The van der Waals surface area contributed by atoms with Crippen LogP contribution >= 0.6 is 0 Å². The summed E-state index contributed by atoms with van der Waals surface area (Å²) in [5, 5.41) is 2.75. The Kier molecular flexibility index (Phi) is 5.37. The average Bonchev–Trinajstić information content (AvgIpc) is 2.35. The summed E-state index contributed by atoms with van der Waals surface area (Å²) in [5.74, 6) is -0.652. The lowest BCUT2D eigenvalue weighted by atomic mass is 10.1. The second kappa shape index (κ2) is 6.79. The van der Waals surface area contributed by atoms with Gasteiger partial charge in [-0.25, -0.2) is 0 Å². The van der Waals surface area contributed by atoms with Crippen molar-refractivity contribution in [3.8, 4) is 0 Å². The molecule has 110 valence electrons. The molecule has 0 heterocycles. The zero-order valence-corrected chi connectivity index (χ0v) is 12.1. The number of hydrogen-bond acceptors (Lipinski definition) is 4. The van der Waals surface area contributed by atoms with Crippen molar-refractivity contribution >= 4 is 23.2 Å². The summed E-state index contributed by atoms with van der Waals surface area (Å²) in [6.07, 6.45) is 0. The van der Waals surface area contributed by atoms with Gasteiger partial charge in [0.2, 0.25) is 5.91 Å². The van der Waals surface area contributed by atoms with Crippen LogP contribution in [0, 0.1) is 0 Å². The first-order valence-electron chi connectivity index (χ1n) is 6.59. The van der Waals surface area contributed by atoms with Gasteiger partial charge in [0.15, 0.2) is 0 Å². The number of carbonyl (C=O) groups excluding carboxylic acids is 2. The lowest BCUT2D eigenvalue weighted by molar-refractivity contribution is -0.116. The highest BCUT2D eigenvalue weighted by Crippen LogP contribution is 2.25. The topological polar surface area (TPSA) is 101 Å². The second-order valence-electron chi connectivity index (χ2n) is 4.82. The molecule has 0 radical (unpaired) electrons. The normalized spacial score (nSPS) is 10.4. The van der Waals surface area contributed by atoms with Crippen molar-refractivity contribution in [1.29, 1.82) is 0 Å². The van der Waals surface area contributed by atoms with E-state index in [0.717, 1.165) is 0 Å². The van der Waals surface area contributed by atoms with Crippen molar-refractivity contribution in [3.63, 3.8) is 0 Å². The number of hydrogen-bond donors (Lipinski definition) is 3. The van der Waals surface area contributed by atoms with Crippen LogP contribution in [-0.4, -0.2) is 30.9 Å². The molecule has 1 aromatic rings. The molecule has 6 heteroatoms. The summed E-state index contributed by atoms with van der Waals surface area (Å²) in [5.41, 5.74) is 12.7. The molecular weight excluding hydrogens is 256 g/mol. The van der Waals surface area contributed by atoms with Crippen molar-refractivity contribution in [2.45, 2.75) is 26.8 Å². The molecule has 0 aliphatic rings. The maximum atomic E-state index is 12.1. The Morgan fingerprint density at radius 3 is 2.50 bits per heavy atom. The minimum absolute atomic E-state index is 0.0116. The van der Waals surface area contributed by atoms with Gasteiger partial charge in [-0.3, -0.25) is 9.59 Å². The lowest BCUT2D eigenvalue weighted by Crippen LogP contribution is -2.40. The third-order valence-electron chi connectivity index (χ3n) is 2.86. The number of nitrogens with one attached hydrogen (secondary N) is 1. The molecule has 0 atom stereocenters. The van der Waals surface area contributed by atoms with E-state index < -0.39 is 5.91 Å². The van der Waals surface area contributed by atoms with Gasteiger partial charge in [0.05, 0.1) is 17.8 Å². The second-order valence-corrected chi connectivity index (χ2v) is 4.82. The molecule has 0 fully saturated rings. The summed E-state index contributed by atoms with van der Waals surface area (Å²) in [4.78, 5) is 25.1. The van der Waals surface area contributed by atoms with E-state index in [1.165, 1.54) is 0 Å². The molecule has 0 unspecified atom stereocenters. The number of carbonyl (C=O) groups is 2. The summed E-state index contributed by atoms with van der Waals surface area (Å²) in [7, 11) is 0. The highest BCUT2D eigenvalue weighted by Gasteiger charge is 2.20. The number of anilines is 2. The fourth-order valence-electron chi connectivity index (χ4n) is 1.95. The summed E-state index contributed by atoms with van der Waals surface area (Å²) in [6, 6.07) is 5.02. The van der Waals surface area contributed by atoms with Crippen molar-refractivity contribution in [2.24, 2.45) is 5.73 Å².